The first-order chi connectivity index (χ1) is 13.1. The van der Waals surface area contributed by atoms with Gasteiger partial charge in [0, 0.05) is 11.5 Å². The summed E-state index contributed by atoms with van der Waals surface area (Å²) in [4.78, 5) is 0.326. The topological polar surface area (TPSA) is 79.6 Å². The summed E-state index contributed by atoms with van der Waals surface area (Å²) < 4.78 is 38.2. The molecule has 0 aromatic heterocycles. The molecule has 0 bridgehead atoms. The molecule has 1 aliphatic rings. The Bertz CT molecular complexity index is 1180. The van der Waals surface area contributed by atoms with Crippen molar-refractivity contribution < 1.29 is 17.9 Å². The summed E-state index contributed by atoms with van der Waals surface area (Å²) >= 11 is 0. The van der Waals surface area contributed by atoms with Crippen LogP contribution in [0.4, 0.5) is 5.69 Å². The van der Waals surface area contributed by atoms with E-state index < -0.39 is 10.0 Å². The zero-order valence-corrected chi connectivity index (χ0v) is 15.4. The second-order valence-corrected chi connectivity index (χ2v) is 7.87. The van der Waals surface area contributed by atoms with Crippen molar-refractivity contribution in [2.24, 2.45) is 0 Å². The fraction of sp³-hybridized carbons (Fsp3) is 0.150. The van der Waals surface area contributed by atoms with E-state index in [4.69, 9.17) is 14.7 Å². The minimum atomic E-state index is -3.60. The Kier molecular flexibility index (Phi) is 4.13. The second kappa shape index (κ2) is 6.49. The van der Waals surface area contributed by atoms with E-state index in [1.165, 1.54) is 11.4 Å². The van der Waals surface area contributed by atoms with Gasteiger partial charge >= 0.3 is 0 Å². The first-order valence-corrected chi connectivity index (χ1v) is 9.75. The molecule has 1 heterocycles. The maximum Gasteiger partial charge on any atom is 0.265 e. The summed E-state index contributed by atoms with van der Waals surface area (Å²) in [5, 5.41) is 10.6. The van der Waals surface area contributed by atoms with Gasteiger partial charge in [0.2, 0.25) is 0 Å². The van der Waals surface area contributed by atoms with E-state index in [1.54, 1.807) is 36.4 Å². The summed E-state index contributed by atoms with van der Waals surface area (Å²) in [6.45, 7) is 0.311. The third-order valence-corrected chi connectivity index (χ3v) is 6.38. The van der Waals surface area contributed by atoms with Crippen LogP contribution in [0.5, 0.6) is 11.5 Å². The third kappa shape index (κ3) is 2.75. The molecule has 136 valence electrons. The van der Waals surface area contributed by atoms with Gasteiger partial charge in [-0.25, -0.2) is 8.42 Å². The summed E-state index contributed by atoms with van der Waals surface area (Å²) in [7, 11) is -2.11. The molecule has 0 saturated carbocycles. The summed E-state index contributed by atoms with van der Waals surface area (Å²) in [6, 6.07) is 17.7. The van der Waals surface area contributed by atoms with Gasteiger partial charge in [-0.3, -0.25) is 4.31 Å². The van der Waals surface area contributed by atoms with Crippen molar-refractivity contribution in [3.63, 3.8) is 0 Å². The lowest BCUT2D eigenvalue weighted by Gasteiger charge is -2.19. The second-order valence-electron chi connectivity index (χ2n) is 6.03. The van der Waals surface area contributed by atoms with Crippen molar-refractivity contribution in [3.05, 3.63) is 60.2 Å². The maximum absolute atomic E-state index is 12.9. The minimum absolute atomic E-state index is 0.145. The fourth-order valence-corrected chi connectivity index (χ4v) is 4.99. The predicted octanol–water partition coefficient (Wildman–Crippen LogP) is 3.31. The molecule has 0 N–H and O–H groups in total. The van der Waals surface area contributed by atoms with Gasteiger partial charge in [0.1, 0.15) is 6.61 Å². The number of hydrogen-bond acceptors (Lipinski definition) is 5. The maximum atomic E-state index is 12.9. The average Bonchev–Trinajstić information content (AvgIpc) is 2.91. The van der Waals surface area contributed by atoms with E-state index >= 15 is 0 Å². The molecule has 3 aromatic carbocycles. The van der Waals surface area contributed by atoms with Crippen LogP contribution >= 0.6 is 0 Å². The van der Waals surface area contributed by atoms with Gasteiger partial charge in [-0.15, -0.1) is 0 Å². The Morgan fingerprint density at radius 1 is 1.07 bits per heavy atom. The van der Waals surface area contributed by atoms with Gasteiger partial charge in [0.05, 0.1) is 35.9 Å². The van der Waals surface area contributed by atoms with Crippen molar-refractivity contribution >= 4 is 26.5 Å². The van der Waals surface area contributed by atoms with E-state index in [2.05, 4.69) is 0 Å². The zero-order chi connectivity index (χ0) is 19.0. The van der Waals surface area contributed by atoms with Crippen LogP contribution in [0, 0.1) is 11.3 Å². The van der Waals surface area contributed by atoms with Gasteiger partial charge in [0.15, 0.2) is 11.5 Å². The molecule has 0 unspecified atom stereocenters. The number of sulfonamides is 1. The third-order valence-electron chi connectivity index (χ3n) is 4.53. The lowest BCUT2D eigenvalue weighted by atomic mass is 10.1. The van der Waals surface area contributed by atoms with Crippen molar-refractivity contribution in [3.8, 4) is 17.6 Å². The quantitative estimate of drug-likeness (QED) is 0.678. The Morgan fingerprint density at radius 2 is 1.85 bits per heavy atom. The van der Waals surface area contributed by atoms with Gasteiger partial charge in [0.25, 0.3) is 10.0 Å². The summed E-state index contributed by atoms with van der Waals surface area (Å²) in [6.07, 6.45) is 0. The number of nitrogens with zero attached hydrogens (tertiary/aromatic N) is 2. The molecule has 7 heteroatoms. The first-order valence-electron chi connectivity index (χ1n) is 8.31. The van der Waals surface area contributed by atoms with E-state index in [1.807, 2.05) is 24.3 Å². The molecule has 6 nitrogen and oxygen atoms in total. The standard InChI is InChI=1S/C20H16N2O4S/c1-25-18-12-14(13-21)8-9-17(18)26-11-10-22-16-6-2-4-15-5-3-7-19(20(15)16)27(22,23)24/h2-9,12H,10-11H2,1H3. The van der Waals surface area contributed by atoms with E-state index in [-0.39, 0.29) is 13.2 Å². The normalized spacial score (nSPS) is 14.1. The molecule has 27 heavy (non-hydrogen) atoms. The van der Waals surface area contributed by atoms with Gasteiger partial charge in [-0.2, -0.15) is 5.26 Å². The van der Waals surface area contributed by atoms with Crippen molar-refractivity contribution in [1.82, 2.24) is 0 Å². The monoisotopic (exact) mass is 380 g/mol. The number of methoxy groups -OCH3 is 1. The smallest absolute Gasteiger partial charge is 0.265 e. The van der Waals surface area contributed by atoms with E-state index in [9.17, 15) is 8.42 Å². The van der Waals surface area contributed by atoms with Crippen LogP contribution in [-0.2, 0) is 10.0 Å². The lowest BCUT2D eigenvalue weighted by molar-refractivity contribution is 0.303. The highest BCUT2D eigenvalue weighted by Crippen LogP contribution is 2.41. The number of anilines is 1. The summed E-state index contributed by atoms with van der Waals surface area (Å²) in [5.74, 6) is 0.896. The highest BCUT2D eigenvalue weighted by atomic mass is 32.2. The van der Waals surface area contributed by atoms with Crippen LogP contribution < -0.4 is 13.8 Å². The Labute approximate surface area is 157 Å². The van der Waals surface area contributed by atoms with Crippen LogP contribution in [0.25, 0.3) is 10.8 Å². The molecular weight excluding hydrogens is 364 g/mol. The van der Waals surface area contributed by atoms with Crippen LogP contribution in [0.1, 0.15) is 5.56 Å². The van der Waals surface area contributed by atoms with E-state index in [0.29, 0.717) is 27.6 Å². The fourth-order valence-electron chi connectivity index (χ4n) is 3.29. The molecule has 4 rings (SSSR count). The van der Waals surface area contributed by atoms with E-state index in [0.717, 1.165) is 10.8 Å². The van der Waals surface area contributed by atoms with Crippen LogP contribution in [0.2, 0.25) is 0 Å². The molecule has 0 amide bonds. The molecule has 0 fully saturated rings. The molecule has 0 aliphatic carbocycles. The number of benzene rings is 3. The number of hydrogen-bond donors (Lipinski definition) is 0. The summed E-state index contributed by atoms with van der Waals surface area (Å²) in [5.41, 5.74) is 1.13. The Hall–Kier alpha value is -3.24. The predicted molar refractivity (Wildman–Crippen MR) is 102 cm³/mol. The lowest BCUT2D eigenvalue weighted by Crippen LogP contribution is -2.31. The van der Waals surface area contributed by atoms with Gasteiger partial charge in [-0.05, 0) is 29.7 Å². The van der Waals surface area contributed by atoms with Crippen LogP contribution in [-0.4, -0.2) is 28.7 Å². The number of rotatable bonds is 5. The van der Waals surface area contributed by atoms with Crippen LogP contribution in [0.3, 0.4) is 0 Å². The Balaban J connectivity index is 1.58. The molecule has 3 aromatic rings. The van der Waals surface area contributed by atoms with Crippen molar-refractivity contribution in [2.45, 2.75) is 4.90 Å². The van der Waals surface area contributed by atoms with Gasteiger partial charge < -0.3 is 9.47 Å². The minimum Gasteiger partial charge on any atom is -0.493 e. The molecule has 1 aliphatic heterocycles. The average molecular weight is 380 g/mol. The van der Waals surface area contributed by atoms with Crippen molar-refractivity contribution in [1.29, 1.82) is 5.26 Å². The molecule has 0 saturated heterocycles. The van der Waals surface area contributed by atoms with Crippen LogP contribution in [0.15, 0.2) is 59.5 Å². The zero-order valence-electron chi connectivity index (χ0n) is 14.5. The van der Waals surface area contributed by atoms with Crippen molar-refractivity contribution in [2.75, 3.05) is 24.6 Å². The van der Waals surface area contributed by atoms with Gasteiger partial charge in [-0.1, -0.05) is 24.3 Å². The molecule has 0 radical (unpaired) electrons. The number of nitriles is 1. The first kappa shape index (κ1) is 17.2. The molecule has 0 spiro atoms. The number of ether oxygens (including phenoxy) is 2. The highest BCUT2D eigenvalue weighted by Gasteiger charge is 2.35. The SMILES string of the molecule is COc1cc(C#N)ccc1OCCN1c2cccc3cccc(c23)S1(=O)=O. The molecular formula is C20H16N2O4S. The Morgan fingerprint density at radius 3 is 2.59 bits per heavy atom. The highest BCUT2D eigenvalue weighted by molar-refractivity contribution is 7.93. The largest absolute Gasteiger partial charge is 0.493 e. The molecule has 0 atom stereocenters.